The van der Waals surface area contributed by atoms with Crippen LogP contribution in [0.4, 0.5) is 0 Å². The molecule has 1 aliphatic rings. The molecule has 2 heterocycles. The number of hydrogen-bond acceptors (Lipinski definition) is 4. The van der Waals surface area contributed by atoms with Gasteiger partial charge in [-0.3, -0.25) is 0 Å². The van der Waals surface area contributed by atoms with Crippen molar-refractivity contribution < 1.29 is 0 Å². The maximum absolute atomic E-state index is 9.31. The Morgan fingerprint density at radius 2 is 2.00 bits per heavy atom. The third-order valence-electron chi connectivity index (χ3n) is 3.41. The summed E-state index contributed by atoms with van der Waals surface area (Å²) in [6.07, 6.45) is 3.21. The van der Waals surface area contributed by atoms with E-state index in [1.807, 2.05) is 25.1 Å². The van der Waals surface area contributed by atoms with Gasteiger partial charge < -0.3 is 0 Å². The number of pyridine rings is 2. The average molecular weight is 281 g/mol. The van der Waals surface area contributed by atoms with Crippen LogP contribution in [0.2, 0.25) is 0 Å². The van der Waals surface area contributed by atoms with Gasteiger partial charge >= 0.3 is 0 Å². The van der Waals surface area contributed by atoms with Crippen molar-refractivity contribution in [3.63, 3.8) is 0 Å². The summed E-state index contributed by atoms with van der Waals surface area (Å²) < 4.78 is 0. The highest BCUT2D eigenvalue weighted by molar-refractivity contribution is 7.99. The van der Waals surface area contributed by atoms with Crippen LogP contribution in [-0.4, -0.2) is 9.97 Å². The zero-order valence-corrected chi connectivity index (χ0v) is 12.4. The maximum Gasteiger partial charge on any atom is 0.120 e. The smallest absolute Gasteiger partial charge is 0.120 e. The van der Waals surface area contributed by atoms with Gasteiger partial charge in [0.05, 0.1) is 5.56 Å². The number of nitriles is 1. The Balaban J connectivity index is 2.00. The largest absolute Gasteiger partial charge is 0.246 e. The number of aromatic nitrogens is 2. The van der Waals surface area contributed by atoms with Gasteiger partial charge in [0.2, 0.25) is 0 Å². The highest BCUT2D eigenvalue weighted by Gasteiger charge is 2.17. The van der Waals surface area contributed by atoms with Gasteiger partial charge in [0.1, 0.15) is 16.1 Å². The molecule has 3 rings (SSSR count). The van der Waals surface area contributed by atoms with Gasteiger partial charge in [-0.25, -0.2) is 9.97 Å². The molecule has 2 aromatic heterocycles. The van der Waals surface area contributed by atoms with E-state index in [1.54, 1.807) is 0 Å². The molecule has 0 fully saturated rings. The predicted octanol–water partition coefficient (Wildman–Crippen LogP) is 3.61. The van der Waals surface area contributed by atoms with Crippen molar-refractivity contribution in [2.45, 2.75) is 43.2 Å². The first-order valence-corrected chi connectivity index (χ1v) is 7.53. The summed E-state index contributed by atoms with van der Waals surface area (Å²) in [6, 6.07) is 8.35. The van der Waals surface area contributed by atoms with E-state index in [-0.39, 0.29) is 0 Å². The van der Waals surface area contributed by atoms with Crippen molar-refractivity contribution >= 4 is 11.8 Å². The standard InChI is InChI=1S/C16H15N3S/c1-10-6-11(2)18-15(7-10)20-16-13(9-17)8-12-4-3-5-14(12)19-16/h6-8H,3-5H2,1-2H3. The lowest BCUT2D eigenvalue weighted by molar-refractivity contribution is 0.890. The van der Waals surface area contributed by atoms with Crippen molar-refractivity contribution in [2.24, 2.45) is 0 Å². The third kappa shape index (κ3) is 2.54. The van der Waals surface area contributed by atoms with Crippen LogP contribution in [0.5, 0.6) is 0 Å². The molecule has 4 heteroatoms. The minimum atomic E-state index is 0.664. The van der Waals surface area contributed by atoms with E-state index in [0.29, 0.717) is 5.56 Å². The lowest BCUT2D eigenvalue weighted by Gasteiger charge is -2.07. The van der Waals surface area contributed by atoms with E-state index < -0.39 is 0 Å². The van der Waals surface area contributed by atoms with Crippen LogP contribution in [0.25, 0.3) is 0 Å². The zero-order chi connectivity index (χ0) is 14.1. The monoisotopic (exact) mass is 281 g/mol. The lowest BCUT2D eigenvalue weighted by Crippen LogP contribution is -1.96. The second kappa shape index (κ2) is 5.26. The SMILES string of the molecule is Cc1cc(C)nc(Sc2nc3c(cc2C#N)CCC3)c1. The average Bonchev–Trinajstić information content (AvgIpc) is 2.83. The van der Waals surface area contributed by atoms with Crippen LogP contribution in [0.15, 0.2) is 28.3 Å². The van der Waals surface area contributed by atoms with Crippen LogP contribution < -0.4 is 0 Å². The Kier molecular flexibility index (Phi) is 3.45. The lowest BCUT2D eigenvalue weighted by atomic mass is 10.2. The summed E-state index contributed by atoms with van der Waals surface area (Å²) >= 11 is 1.49. The Labute approximate surface area is 123 Å². The molecule has 2 aromatic rings. The first-order valence-electron chi connectivity index (χ1n) is 6.72. The molecule has 0 aliphatic heterocycles. The molecule has 0 radical (unpaired) electrons. The molecule has 0 bridgehead atoms. The molecule has 0 saturated heterocycles. The quantitative estimate of drug-likeness (QED) is 0.844. The number of nitrogens with zero attached hydrogens (tertiary/aromatic N) is 3. The first kappa shape index (κ1) is 13.1. The van der Waals surface area contributed by atoms with Crippen LogP contribution in [-0.2, 0) is 12.8 Å². The van der Waals surface area contributed by atoms with Gasteiger partial charge in [0.15, 0.2) is 0 Å². The highest BCUT2D eigenvalue weighted by Crippen LogP contribution is 2.31. The minimum Gasteiger partial charge on any atom is -0.246 e. The molecular weight excluding hydrogens is 266 g/mol. The maximum atomic E-state index is 9.31. The van der Waals surface area contributed by atoms with Gasteiger partial charge in [-0.1, -0.05) is 0 Å². The van der Waals surface area contributed by atoms with Crippen molar-refractivity contribution in [2.75, 3.05) is 0 Å². The molecular formula is C16H15N3S. The van der Waals surface area contributed by atoms with E-state index in [9.17, 15) is 5.26 Å². The van der Waals surface area contributed by atoms with E-state index >= 15 is 0 Å². The van der Waals surface area contributed by atoms with Gasteiger partial charge in [-0.2, -0.15) is 5.26 Å². The summed E-state index contributed by atoms with van der Waals surface area (Å²) in [7, 11) is 0. The van der Waals surface area contributed by atoms with Crippen LogP contribution in [0, 0.1) is 25.2 Å². The zero-order valence-electron chi connectivity index (χ0n) is 11.6. The molecule has 0 amide bonds. The molecule has 0 spiro atoms. The van der Waals surface area contributed by atoms with Crippen LogP contribution in [0.1, 0.15) is 34.5 Å². The van der Waals surface area contributed by atoms with Crippen molar-refractivity contribution in [1.29, 1.82) is 5.26 Å². The summed E-state index contributed by atoms with van der Waals surface area (Å²) in [5.74, 6) is 0. The number of aryl methyl sites for hydroxylation is 4. The van der Waals surface area contributed by atoms with Gasteiger partial charge in [0, 0.05) is 11.4 Å². The topological polar surface area (TPSA) is 49.6 Å². The number of hydrogen-bond donors (Lipinski definition) is 0. The summed E-state index contributed by atoms with van der Waals surface area (Å²) in [6.45, 7) is 4.04. The minimum absolute atomic E-state index is 0.664. The summed E-state index contributed by atoms with van der Waals surface area (Å²) in [4.78, 5) is 9.19. The Bertz CT molecular complexity index is 696. The second-order valence-corrected chi connectivity index (χ2v) is 6.15. The Morgan fingerprint density at radius 1 is 1.15 bits per heavy atom. The van der Waals surface area contributed by atoms with Crippen LogP contribution >= 0.6 is 11.8 Å². The molecule has 20 heavy (non-hydrogen) atoms. The Morgan fingerprint density at radius 3 is 2.75 bits per heavy atom. The van der Waals surface area contributed by atoms with E-state index in [0.717, 1.165) is 40.7 Å². The van der Waals surface area contributed by atoms with Gasteiger partial charge in [0.25, 0.3) is 0 Å². The van der Waals surface area contributed by atoms with Crippen molar-refractivity contribution in [1.82, 2.24) is 9.97 Å². The highest BCUT2D eigenvalue weighted by atomic mass is 32.2. The Hall–Kier alpha value is -1.86. The molecule has 0 saturated carbocycles. The number of fused-ring (bicyclic) bond motifs is 1. The van der Waals surface area contributed by atoms with E-state index in [1.165, 1.54) is 22.9 Å². The molecule has 1 aliphatic carbocycles. The molecule has 0 N–H and O–H groups in total. The fourth-order valence-corrected chi connectivity index (χ4v) is 3.57. The normalized spacial score (nSPS) is 13.1. The second-order valence-electron chi connectivity index (χ2n) is 5.14. The fraction of sp³-hybridized carbons (Fsp3) is 0.312. The van der Waals surface area contributed by atoms with Gasteiger partial charge in [-0.15, -0.1) is 0 Å². The molecule has 0 unspecified atom stereocenters. The third-order valence-corrected chi connectivity index (χ3v) is 4.33. The summed E-state index contributed by atoms with van der Waals surface area (Å²) in [5.41, 5.74) is 5.22. The van der Waals surface area contributed by atoms with E-state index in [2.05, 4.69) is 23.0 Å². The van der Waals surface area contributed by atoms with E-state index in [4.69, 9.17) is 0 Å². The molecule has 0 aromatic carbocycles. The van der Waals surface area contributed by atoms with Crippen LogP contribution in [0.3, 0.4) is 0 Å². The molecule has 3 nitrogen and oxygen atoms in total. The summed E-state index contributed by atoms with van der Waals surface area (Å²) in [5, 5.41) is 11.0. The molecule has 0 atom stereocenters. The van der Waals surface area contributed by atoms with Crippen molar-refractivity contribution in [3.05, 3.63) is 46.3 Å². The van der Waals surface area contributed by atoms with Crippen molar-refractivity contribution in [3.8, 4) is 6.07 Å². The first-order chi connectivity index (χ1) is 9.65. The predicted molar refractivity (Wildman–Crippen MR) is 78.8 cm³/mol. The fourth-order valence-electron chi connectivity index (χ4n) is 2.57. The van der Waals surface area contributed by atoms with Gasteiger partial charge in [-0.05, 0) is 74.2 Å². The molecule has 100 valence electrons. The number of rotatable bonds is 2.